The van der Waals surface area contributed by atoms with Crippen LogP contribution in [0.5, 0.6) is 0 Å². The molecule has 0 bridgehead atoms. The highest BCUT2D eigenvalue weighted by atomic mass is 19.4. The Morgan fingerprint density at radius 3 is 2.46 bits per heavy atom. The van der Waals surface area contributed by atoms with Crippen molar-refractivity contribution >= 4 is 13.1 Å². The van der Waals surface area contributed by atoms with Gasteiger partial charge in [0.25, 0.3) is 0 Å². The van der Waals surface area contributed by atoms with Crippen molar-refractivity contribution in [1.82, 2.24) is 4.98 Å². The molecular weight excluding hydrogens is 185 g/mol. The fourth-order valence-electron chi connectivity index (χ4n) is 0.724. The lowest BCUT2D eigenvalue weighted by molar-refractivity contribution is 0.499. The number of hydrogen-bond acceptors (Lipinski definition) is 1. The van der Waals surface area contributed by atoms with Gasteiger partial charge in [0, 0.05) is 0 Å². The maximum atomic E-state index is 12.4. The van der Waals surface area contributed by atoms with Gasteiger partial charge in [0.2, 0.25) is 5.95 Å². The molecule has 0 aliphatic carbocycles. The van der Waals surface area contributed by atoms with Crippen LogP contribution in [0.4, 0.5) is 17.3 Å². The van der Waals surface area contributed by atoms with Gasteiger partial charge in [-0.15, -0.1) is 5.98 Å². The molecular formula is C7H5BF4N-. The fraction of sp³-hybridized carbons (Fsp3) is 0. The molecule has 70 valence electrons. The summed E-state index contributed by atoms with van der Waals surface area (Å²) >= 11 is 0. The number of rotatable bonds is 2. The average Bonchev–Trinajstić information content (AvgIpc) is 2.00. The van der Waals surface area contributed by atoms with Crippen molar-refractivity contribution in [3.63, 3.8) is 0 Å². The molecule has 0 atom stereocenters. The molecule has 6 heteroatoms. The monoisotopic (exact) mass is 190 g/mol. The van der Waals surface area contributed by atoms with Crippen LogP contribution >= 0.6 is 0 Å². The second kappa shape index (κ2) is 3.59. The molecule has 0 saturated heterocycles. The Kier molecular flexibility index (Phi) is 2.70. The third-order valence-corrected chi connectivity index (χ3v) is 1.22. The largest absolute Gasteiger partial charge is 0.502 e. The first-order valence-electron chi connectivity index (χ1n) is 3.49. The van der Waals surface area contributed by atoms with E-state index in [4.69, 9.17) is 0 Å². The minimum atomic E-state index is -4.98. The number of aromatic nitrogens is 1. The summed E-state index contributed by atoms with van der Waals surface area (Å²) in [5.41, 5.74) is -0.0424. The highest BCUT2D eigenvalue weighted by molar-refractivity contribution is 6.64. The minimum absolute atomic E-state index is 0.0424. The van der Waals surface area contributed by atoms with Crippen molar-refractivity contribution < 1.29 is 17.3 Å². The average molecular weight is 190 g/mol. The molecule has 1 nitrogen and oxygen atoms in total. The first-order chi connectivity index (χ1) is 5.97. The Morgan fingerprint density at radius 2 is 1.92 bits per heavy atom. The van der Waals surface area contributed by atoms with Crippen molar-refractivity contribution in [1.29, 1.82) is 0 Å². The molecule has 0 fully saturated rings. The number of halogens is 4. The molecule has 0 N–H and O–H groups in total. The van der Waals surface area contributed by atoms with Crippen LogP contribution in [0, 0.1) is 5.95 Å². The predicted molar refractivity (Wildman–Crippen MR) is 42.3 cm³/mol. The first kappa shape index (κ1) is 9.76. The Labute approximate surface area is 72.2 Å². The van der Waals surface area contributed by atoms with Gasteiger partial charge in [0.1, 0.15) is 0 Å². The topological polar surface area (TPSA) is 12.9 Å². The summed E-state index contributed by atoms with van der Waals surface area (Å²) in [6.45, 7) is -4.98. The van der Waals surface area contributed by atoms with Crippen LogP contribution in [0.15, 0.2) is 24.2 Å². The molecule has 1 rings (SSSR count). The van der Waals surface area contributed by atoms with Gasteiger partial charge < -0.3 is 12.9 Å². The molecule has 0 aliphatic heterocycles. The van der Waals surface area contributed by atoms with Gasteiger partial charge in [-0.3, -0.25) is 0 Å². The summed E-state index contributed by atoms with van der Waals surface area (Å²) in [6.07, 6.45) is 0.739. The Morgan fingerprint density at radius 1 is 1.23 bits per heavy atom. The van der Waals surface area contributed by atoms with E-state index in [1.807, 2.05) is 0 Å². The van der Waals surface area contributed by atoms with E-state index in [0.29, 0.717) is 0 Å². The molecule has 0 unspecified atom stereocenters. The maximum Gasteiger partial charge on any atom is 0.502 e. The maximum absolute atomic E-state index is 12.4. The molecule has 1 aromatic rings. The molecule has 0 amide bonds. The summed E-state index contributed by atoms with van der Waals surface area (Å²) in [4.78, 5) is 3.23. The SMILES string of the molecule is Fc1cccc(/C=C/[B-](F)(F)F)n1. The molecule has 0 aliphatic rings. The smallest absolute Gasteiger partial charge is 0.445 e. The summed E-state index contributed by atoms with van der Waals surface area (Å²) in [5.74, 6) is -0.723. The van der Waals surface area contributed by atoms with E-state index >= 15 is 0 Å². The molecule has 13 heavy (non-hydrogen) atoms. The Balaban J connectivity index is 2.80. The normalized spacial score (nSPS) is 12.3. The predicted octanol–water partition coefficient (Wildman–Crippen LogP) is 2.62. The van der Waals surface area contributed by atoms with Crippen molar-refractivity contribution in [2.45, 2.75) is 0 Å². The van der Waals surface area contributed by atoms with E-state index in [9.17, 15) is 17.3 Å². The lowest BCUT2D eigenvalue weighted by atomic mass is 9.91. The minimum Gasteiger partial charge on any atom is -0.445 e. The van der Waals surface area contributed by atoms with Crippen molar-refractivity contribution in [3.05, 3.63) is 35.8 Å². The van der Waals surface area contributed by atoms with Gasteiger partial charge in [-0.1, -0.05) is 12.1 Å². The van der Waals surface area contributed by atoms with E-state index in [2.05, 4.69) is 4.98 Å². The molecule has 1 heterocycles. The van der Waals surface area contributed by atoms with E-state index in [1.165, 1.54) is 12.1 Å². The van der Waals surface area contributed by atoms with E-state index in [-0.39, 0.29) is 11.7 Å². The molecule has 0 aromatic carbocycles. The number of nitrogens with zero attached hydrogens (tertiary/aromatic N) is 1. The van der Waals surface area contributed by atoms with Crippen LogP contribution in [0.25, 0.3) is 6.08 Å². The summed E-state index contributed by atoms with van der Waals surface area (Å²) < 4.78 is 47.5. The standard InChI is InChI=1S/C7H5BF4N/c9-7-3-1-2-6(13-7)4-5-8(10,11)12/h1-5H/q-1/b5-4+. The molecule has 1 aromatic heterocycles. The summed E-state index contributed by atoms with van der Waals surface area (Å²) in [5, 5.41) is 0. The summed E-state index contributed by atoms with van der Waals surface area (Å²) in [7, 11) is 0. The highest BCUT2D eigenvalue weighted by Gasteiger charge is 2.17. The van der Waals surface area contributed by atoms with E-state index in [0.717, 1.165) is 12.1 Å². The van der Waals surface area contributed by atoms with Crippen molar-refractivity contribution in [2.75, 3.05) is 0 Å². The zero-order valence-electron chi connectivity index (χ0n) is 6.42. The van der Waals surface area contributed by atoms with Crippen molar-refractivity contribution in [2.24, 2.45) is 0 Å². The summed E-state index contributed by atoms with van der Waals surface area (Å²) in [6, 6.07) is 3.66. The number of hydrogen-bond donors (Lipinski definition) is 0. The second-order valence-electron chi connectivity index (χ2n) is 2.37. The fourth-order valence-corrected chi connectivity index (χ4v) is 0.724. The Hall–Kier alpha value is -1.33. The van der Waals surface area contributed by atoms with Crippen LogP contribution in [-0.4, -0.2) is 12.0 Å². The van der Waals surface area contributed by atoms with E-state index in [1.54, 1.807) is 0 Å². The van der Waals surface area contributed by atoms with Crippen molar-refractivity contribution in [3.8, 4) is 0 Å². The third-order valence-electron chi connectivity index (χ3n) is 1.22. The Bertz CT molecular complexity index is 321. The molecule has 0 spiro atoms. The van der Waals surface area contributed by atoms with Gasteiger partial charge in [0.05, 0.1) is 5.69 Å². The van der Waals surface area contributed by atoms with Gasteiger partial charge >= 0.3 is 6.98 Å². The lowest BCUT2D eigenvalue weighted by Gasteiger charge is -2.05. The highest BCUT2D eigenvalue weighted by Crippen LogP contribution is 2.11. The molecule has 0 radical (unpaired) electrons. The second-order valence-corrected chi connectivity index (χ2v) is 2.37. The van der Waals surface area contributed by atoms with Gasteiger partial charge in [-0.25, -0.2) is 4.98 Å². The lowest BCUT2D eigenvalue weighted by Crippen LogP contribution is -2.09. The molecule has 0 saturated carbocycles. The van der Waals surface area contributed by atoms with Gasteiger partial charge in [-0.05, 0) is 12.1 Å². The van der Waals surface area contributed by atoms with Crippen LogP contribution in [0.2, 0.25) is 0 Å². The van der Waals surface area contributed by atoms with Crippen LogP contribution in [-0.2, 0) is 0 Å². The van der Waals surface area contributed by atoms with Crippen LogP contribution < -0.4 is 0 Å². The van der Waals surface area contributed by atoms with E-state index < -0.39 is 12.9 Å². The van der Waals surface area contributed by atoms with Gasteiger partial charge in [0.15, 0.2) is 0 Å². The third kappa shape index (κ3) is 3.73. The van der Waals surface area contributed by atoms with Crippen LogP contribution in [0.1, 0.15) is 5.69 Å². The zero-order chi connectivity index (χ0) is 9.90. The van der Waals surface area contributed by atoms with Gasteiger partial charge in [-0.2, -0.15) is 4.39 Å². The zero-order valence-corrected chi connectivity index (χ0v) is 6.42. The quantitative estimate of drug-likeness (QED) is 0.396. The van der Waals surface area contributed by atoms with Crippen LogP contribution in [0.3, 0.4) is 0 Å². The first-order valence-corrected chi connectivity index (χ1v) is 3.49. The number of pyridine rings is 1.